The van der Waals surface area contributed by atoms with Crippen LogP contribution in [0.4, 0.5) is 4.79 Å². The van der Waals surface area contributed by atoms with E-state index in [1.807, 2.05) is 49.4 Å². The Morgan fingerprint density at radius 3 is 2.36 bits per heavy atom. The number of hydrogen-bond acceptors (Lipinski definition) is 2. The molecule has 1 aliphatic heterocycles. The number of carbonyl (C=O) groups is 2. The number of urea groups is 1. The number of carbonyl (C=O) groups excluding carboxylic acids is 2. The second-order valence-corrected chi connectivity index (χ2v) is 5.26. The Morgan fingerprint density at radius 1 is 1.00 bits per heavy atom. The highest BCUT2D eigenvalue weighted by Gasteiger charge is 2.28. The Balaban J connectivity index is 1.98. The highest BCUT2D eigenvalue weighted by molar-refractivity contribution is 6.10. The monoisotopic (exact) mass is 292 g/mol. The second-order valence-electron chi connectivity index (χ2n) is 5.26. The summed E-state index contributed by atoms with van der Waals surface area (Å²) in [6.07, 6.45) is 1.50. The highest BCUT2D eigenvalue weighted by atomic mass is 16.2. The molecule has 1 atom stereocenters. The van der Waals surface area contributed by atoms with Gasteiger partial charge in [-0.25, -0.2) is 4.79 Å². The quantitative estimate of drug-likeness (QED) is 0.854. The lowest BCUT2D eigenvalue weighted by molar-refractivity contribution is 0.102. The van der Waals surface area contributed by atoms with E-state index in [-0.39, 0.29) is 11.8 Å². The van der Waals surface area contributed by atoms with E-state index in [2.05, 4.69) is 10.6 Å². The summed E-state index contributed by atoms with van der Waals surface area (Å²) >= 11 is 0. The molecule has 3 rings (SSSR count). The molecule has 0 aliphatic carbocycles. The van der Waals surface area contributed by atoms with Gasteiger partial charge in [-0.15, -0.1) is 0 Å². The summed E-state index contributed by atoms with van der Waals surface area (Å²) in [5.74, 6) is -0.0984. The summed E-state index contributed by atoms with van der Waals surface area (Å²) in [5.41, 5.74) is 3.14. The van der Waals surface area contributed by atoms with E-state index in [4.69, 9.17) is 0 Å². The fourth-order valence-corrected chi connectivity index (χ4v) is 2.45. The van der Waals surface area contributed by atoms with Crippen LogP contribution in [0.2, 0.25) is 0 Å². The number of benzene rings is 2. The molecule has 2 aromatic carbocycles. The van der Waals surface area contributed by atoms with Gasteiger partial charge in [0.25, 0.3) is 0 Å². The summed E-state index contributed by atoms with van der Waals surface area (Å²) in [6.45, 7) is 2.00. The van der Waals surface area contributed by atoms with Crippen LogP contribution >= 0.6 is 0 Å². The van der Waals surface area contributed by atoms with Crippen molar-refractivity contribution in [3.05, 3.63) is 83.1 Å². The zero-order valence-electron chi connectivity index (χ0n) is 12.2. The number of hydrogen-bond donors (Lipinski definition) is 2. The van der Waals surface area contributed by atoms with Crippen molar-refractivity contribution in [3.8, 4) is 0 Å². The molecule has 1 unspecified atom stereocenters. The van der Waals surface area contributed by atoms with Crippen molar-refractivity contribution in [2.24, 2.45) is 0 Å². The number of aryl methyl sites for hydroxylation is 1. The van der Waals surface area contributed by atoms with Gasteiger partial charge in [0.05, 0.1) is 6.04 Å². The minimum absolute atomic E-state index is 0.0984. The van der Waals surface area contributed by atoms with Gasteiger partial charge in [-0.05, 0) is 12.5 Å². The van der Waals surface area contributed by atoms with E-state index in [0.29, 0.717) is 11.1 Å². The zero-order chi connectivity index (χ0) is 15.5. The van der Waals surface area contributed by atoms with Gasteiger partial charge in [0.15, 0.2) is 5.78 Å². The average molecular weight is 292 g/mol. The first kappa shape index (κ1) is 14.1. The molecule has 0 spiro atoms. The van der Waals surface area contributed by atoms with Crippen LogP contribution in [0.3, 0.4) is 0 Å². The lowest BCUT2D eigenvalue weighted by Gasteiger charge is -2.25. The summed E-state index contributed by atoms with van der Waals surface area (Å²) < 4.78 is 0. The van der Waals surface area contributed by atoms with Crippen molar-refractivity contribution in [1.82, 2.24) is 10.6 Å². The maximum absolute atomic E-state index is 12.7. The van der Waals surface area contributed by atoms with E-state index in [0.717, 1.165) is 11.1 Å². The van der Waals surface area contributed by atoms with Gasteiger partial charge in [0, 0.05) is 17.3 Å². The van der Waals surface area contributed by atoms with Crippen molar-refractivity contribution >= 4 is 11.8 Å². The van der Waals surface area contributed by atoms with Gasteiger partial charge < -0.3 is 10.6 Å². The number of ketones is 1. The maximum Gasteiger partial charge on any atom is 0.319 e. The van der Waals surface area contributed by atoms with Gasteiger partial charge in [-0.3, -0.25) is 4.79 Å². The molecule has 0 bridgehead atoms. The number of amides is 2. The second kappa shape index (κ2) is 5.85. The molecule has 4 heteroatoms. The third kappa shape index (κ3) is 2.76. The largest absolute Gasteiger partial charge is 0.327 e. The predicted molar refractivity (Wildman–Crippen MR) is 84.4 cm³/mol. The minimum Gasteiger partial charge on any atom is -0.327 e. The fourth-order valence-electron chi connectivity index (χ4n) is 2.45. The molecule has 0 fully saturated rings. The first-order valence-electron chi connectivity index (χ1n) is 7.08. The predicted octanol–water partition coefficient (Wildman–Crippen LogP) is 3.12. The molecule has 110 valence electrons. The van der Waals surface area contributed by atoms with E-state index in [1.54, 1.807) is 12.1 Å². The minimum atomic E-state index is -0.443. The lowest BCUT2D eigenvalue weighted by Crippen LogP contribution is -2.42. The Morgan fingerprint density at radius 2 is 1.68 bits per heavy atom. The number of nitrogens with one attached hydrogen (secondary N) is 2. The van der Waals surface area contributed by atoms with Gasteiger partial charge in [-0.2, -0.15) is 0 Å². The van der Waals surface area contributed by atoms with Crippen molar-refractivity contribution in [1.29, 1.82) is 0 Å². The first-order chi connectivity index (χ1) is 10.6. The molecule has 2 amide bonds. The molecular weight excluding hydrogens is 276 g/mol. The maximum atomic E-state index is 12.7. The Kier molecular flexibility index (Phi) is 3.74. The lowest BCUT2D eigenvalue weighted by atomic mass is 9.91. The van der Waals surface area contributed by atoms with Crippen LogP contribution in [0.1, 0.15) is 27.5 Å². The van der Waals surface area contributed by atoms with Crippen LogP contribution in [0.15, 0.2) is 66.4 Å². The van der Waals surface area contributed by atoms with Crippen LogP contribution in [0, 0.1) is 6.92 Å². The number of rotatable bonds is 3. The van der Waals surface area contributed by atoms with Gasteiger partial charge >= 0.3 is 6.03 Å². The SMILES string of the molecule is Cc1ccc(C2NC(=O)NC=C2C(=O)c2ccccc2)cc1. The van der Waals surface area contributed by atoms with E-state index in [9.17, 15) is 9.59 Å². The van der Waals surface area contributed by atoms with Gasteiger partial charge in [0.2, 0.25) is 0 Å². The summed E-state index contributed by atoms with van der Waals surface area (Å²) in [5, 5.41) is 5.37. The molecule has 2 aromatic rings. The molecule has 2 N–H and O–H groups in total. The van der Waals surface area contributed by atoms with E-state index in [1.165, 1.54) is 6.20 Å². The van der Waals surface area contributed by atoms with Gasteiger partial charge in [-0.1, -0.05) is 60.2 Å². The van der Waals surface area contributed by atoms with E-state index >= 15 is 0 Å². The summed E-state index contributed by atoms with van der Waals surface area (Å²) in [7, 11) is 0. The Labute approximate surface area is 128 Å². The topological polar surface area (TPSA) is 58.2 Å². The normalized spacial score (nSPS) is 17.2. The molecule has 22 heavy (non-hydrogen) atoms. The van der Waals surface area contributed by atoms with Gasteiger partial charge in [0.1, 0.15) is 0 Å². The molecule has 0 aromatic heterocycles. The Hall–Kier alpha value is -2.88. The Bertz CT molecular complexity index is 733. The smallest absolute Gasteiger partial charge is 0.319 e. The number of Topliss-reactive ketones (excluding diaryl/α,β-unsaturated/α-hetero) is 1. The fraction of sp³-hybridized carbons (Fsp3) is 0.111. The van der Waals surface area contributed by atoms with Crippen molar-refractivity contribution in [2.75, 3.05) is 0 Å². The molecule has 1 aliphatic rings. The third-order valence-electron chi connectivity index (χ3n) is 3.65. The molecule has 0 saturated carbocycles. The molecule has 0 radical (unpaired) electrons. The average Bonchev–Trinajstić information content (AvgIpc) is 2.56. The van der Waals surface area contributed by atoms with Crippen LogP contribution in [0.5, 0.6) is 0 Å². The summed E-state index contributed by atoms with van der Waals surface area (Å²) in [4.78, 5) is 24.3. The molecule has 1 heterocycles. The molecular formula is C18H16N2O2. The van der Waals surface area contributed by atoms with Crippen molar-refractivity contribution < 1.29 is 9.59 Å². The van der Waals surface area contributed by atoms with Crippen molar-refractivity contribution in [3.63, 3.8) is 0 Å². The third-order valence-corrected chi connectivity index (χ3v) is 3.65. The van der Waals surface area contributed by atoms with E-state index < -0.39 is 6.04 Å². The molecule has 4 nitrogen and oxygen atoms in total. The van der Waals surface area contributed by atoms with Crippen molar-refractivity contribution in [2.45, 2.75) is 13.0 Å². The van der Waals surface area contributed by atoms with Crippen LogP contribution in [-0.4, -0.2) is 11.8 Å². The van der Waals surface area contributed by atoms with Crippen LogP contribution in [0.25, 0.3) is 0 Å². The van der Waals surface area contributed by atoms with Crippen LogP contribution in [-0.2, 0) is 0 Å². The van der Waals surface area contributed by atoms with Crippen LogP contribution < -0.4 is 10.6 Å². The first-order valence-corrected chi connectivity index (χ1v) is 7.08. The summed E-state index contributed by atoms with van der Waals surface area (Å²) in [6, 6.07) is 16.1. The zero-order valence-corrected chi connectivity index (χ0v) is 12.2. The standard InChI is InChI=1S/C18H16N2O2/c1-12-7-9-13(10-8-12)16-15(11-19-18(22)20-16)17(21)14-5-3-2-4-6-14/h2-11,16H,1H3,(H2,19,20,22). The molecule has 0 saturated heterocycles. The highest BCUT2D eigenvalue weighted by Crippen LogP contribution is 2.26.